The van der Waals surface area contributed by atoms with Crippen molar-refractivity contribution in [3.63, 3.8) is 0 Å². The van der Waals surface area contributed by atoms with Gasteiger partial charge in [-0.05, 0) is 47.5 Å². The highest BCUT2D eigenvalue weighted by molar-refractivity contribution is 6.20. The van der Waals surface area contributed by atoms with Crippen molar-refractivity contribution < 1.29 is 0 Å². The zero-order chi connectivity index (χ0) is 25.1. The van der Waals surface area contributed by atoms with E-state index in [1.54, 1.807) is 0 Å². The summed E-state index contributed by atoms with van der Waals surface area (Å²) >= 11 is 0. The Bertz CT molecular complexity index is 2120. The number of pyridine rings is 1. The predicted octanol–water partition coefficient (Wildman–Crippen LogP) is 7.73. The van der Waals surface area contributed by atoms with Crippen molar-refractivity contribution in [2.24, 2.45) is 0 Å². The fraction of sp³-hybridized carbons (Fsp3) is 0. The second-order valence-electron chi connectivity index (χ2n) is 9.40. The van der Waals surface area contributed by atoms with Crippen LogP contribution in [0.15, 0.2) is 128 Å². The van der Waals surface area contributed by atoms with Crippen LogP contribution in [0.5, 0.6) is 0 Å². The first-order valence-corrected chi connectivity index (χ1v) is 12.6. The van der Waals surface area contributed by atoms with Crippen LogP contribution < -0.4 is 0 Å². The number of aromatic nitrogens is 5. The molecule has 0 bridgehead atoms. The molecule has 4 aromatic heterocycles. The summed E-state index contributed by atoms with van der Waals surface area (Å²) in [4.78, 5) is 4.88. The Labute approximate surface area is 218 Å². The van der Waals surface area contributed by atoms with Crippen LogP contribution in [0.1, 0.15) is 0 Å². The van der Waals surface area contributed by atoms with Gasteiger partial charge in [-0.25, -0.2) is 4.98 Å². The van der Waals surface area contributed by atoms with Crippen molar-refractivity contribution in [1.29, 1.82) is 0 Å². The lowest BCUT2D eigenvalue weighted by Crippen LogP contribution is -2.01. The molecule has 0 aliphatic carbocycles. The number of hydrogen-bond acceptors (Lipinski definition) is 3. The van der Waals surface area contributed by atoms with Gasteiger partial charge in [0.1, 0.15) is 27.9 Å². The molecule has 0 radical (unpaired) electrons. The summed E-state index contributed by atoms with van der Waals surface area (Å²) < 4.78 is 4.55. The fourth-order valence-electron chi connectivity index (χ4n) is 5.62. The van der Waals surface area contributed by atoms with Crippen LogP contribution in [-0.2, 0) is 0 Å². The summed E-state index contributed by atoms with van der Waals surface area (Å²) in [6.45, 7) is 0. The molecule has 38 heavy (non-hydrogen) atoms. The quantitative estimate of drug-likeness (QED) is 0.256. The molecule has 0 aliphatic rings. The van der Waals surface area contributed by atoms with Crippen LogP contribution >= 0.6 is 0 Å². The normalized spacial score (nSPS) is 11.7. The minimum absolute atomic E-state index is 0.844. The van der Waals surface area contributed by atoms with Crippen molar-refractivity contribution in [2.75, 3.05) is 0 Å². The van der Waals surface area contributed by atoms with Crippen molar-refractivity contribution >= 4 is 43.9 Å². The summed E-state index contributed by atoms with van der Waals surface area (Å²) in [6.07, 6.45) is 1.89. The third-order valence-electron chi connectivity index (χ3n) is 7.27. The number of hydrogen-bond donors (Lipinski definition) is 0. The van der Waals surface area contributed by atoms with Gasteiger partial charge in [0.05, 0.1) is 11.0 Å². The van der Waals surface area contributed by atoms with Gasteiger partial charge in [-0.15, -0.1) is 10.2 Å². The highest BCUT2D eigenvalue weighted by Gasteiger charge is 2.23. The van der Waals surface area contributed by atoms with E-state index in [1.165, 1.54) is 0 Å². The average molecular weight is 488 g/mol. The largest absolute Gasteiger partial charge is 0.306 e. The van der Waals surface area contributed by atoms with Crippen LogP contribution in [0.25, 0.3) is 66.5 Å². The molecule has 0 N–H and O–H groups in total. The second kappa shape index (κ2) is 8.11. The van der Waals surface area contributed by atoms with E-state index < -0.39 is 0 Å². The number of para-hydroxylation sites is 3. The van der Waals surface area contributed by atoms with Gasteiger partial charge >= 0.3 is 0 Å². The second-order valence-corrected chi connectivity index (χ2v) is 9.40. The van der Waals surface area contributed by atoms with Gasteiger partial charge in [-0.1, -0.05) is 84.9 Å². The van der Waals surface area contributed by atoms with Crippen LogP contribution in [0.2, 0.25) is 0 Å². The van der Waals surface area contributed by atoms with E-state index in [1.807, 2.05) is 18.3 Å². The Morgan fingerprint density at radius 2 is 1.03 bits per heavy atom. The van der Waals surface area contributed by atoms with Crippen LogP contribution in [0, 0.1) is 0 Å². The predicted molar refractivity (Wildman–Crippen MR) is 154 cm³/mol. The maximum Gasteiger partial charge on any atom is 0.138 e. The van der Waals surface area contributed by atoms with Gasteiger partial charge in [-0.3, -0.25) is 4.57 Å². The Balaban J connectivity index is 1.57. The number of nitrogens with zero attached hydrogens (tertiary/aromatic N) is 5. The average Bonchev–Trinajstić information content (AvgIpc) is 3.51. The molecule has 0 fully saturated rings. The zero-order valence-electron chi connectivity index (χ0n) is 20.4. The third kappa shape index (κ3) is 2.96. The molecular weight excluding hydrogens is 466 g/mol. The van der Waals surface area contributed by atoms with Crippen LogP contribution in [0.3, 0.4) is 0 Å². The molecule has 0 amide bonds. The monoisotopic (exact) mass is 487 g/mol. The number of rotatable bonds is 3. The molecule has 8 rings (SSSR count). The molecule has 0 saturated carbocycles. The Hall–Kier alpha value is -5.29. The first kappa shape index (κ1) is 20.9. The molecule has 5 heteroatoms. The molecule has 5 nitrogen and oxygen atoms in total. The SMILES string of the molecule is c1ccc(-c2ccnc(-n3c4ccccc4c4nnc5c6ccccc6n(-c6ccccc6)c5c43)c2)cc1. The Morgan fingerprint density at radius 3 is 1.71 bits per heavy atom. The molecule has 0 atom stereocenters. The minimum atomic E-state index is 0.844. The van der Waals surface area contributed by atoms with E-state index >= 15 is 0 Å². The van der Waals surface area contributed by atoms with Gasteiger partial charge in [0.25, 0.3) is 0 Å². The van der Waals surface area contributed by atoms with Gasteiger partial charge in [0.15, 0.2) is 0 Å². The smallest absolute Gasteiger partial charge is 0.138 e. The highest BCUT2D eigenvalue weighted by Crippen LogP contribution is 2.39. The molecule has 0 spiro atoms. The first-order valence-electron chi connectivity index (χ1n) is 12.6. The van der Waals surface area contributed by atoms with Crippen molar-refractivity contribution in [3.8, 4) is 22.6 Å². The molecule has 0 saturated heterocycles. The summed E-state index contributed by atoms with van der Waals surface area (Å²) in [6, 6.07) is 41.9. The maximum absolute atomic E-state index is 4.88. The van der Waals surface area contributed by atoms with E-state index in [-0.39, 0.29) is 0 Å². The summed E-state index contributed by atoms with van der Waals surface area (Å²) in [5.74, 6) is 0.844. The van der Waals surface area contributed by atoms with Crippen LogP contribution in [-0.4, -0.2) is 24.3 Å². The van der Waals surface area contributed by atoms with Gasteiger partial charge < -0.3 is 4.57 Å². The summed E-state index contributed by atoms with van der Waals surface area (Å²) in [7, 11) is 0. The van der Waals surface area contributed by atoms with Crippen molar-refractivity contribution in [2.45, 2.75) is 0 Å². The zero-order valence-corrected chi connectivity index (χ0v) is 20.4. The van der Waals surface area contributed by atoms with Crippen LogP contribution in [0.4, 0.5) is 0 Å². The summed E-state index contributed by atoms with van der Waals surface area (Å²) in [5, 5.41) is 11.7. The van der Waals surface area contributed by atoms with Gasteiger partial charge in [0, 0.05) is 22.7 Å². The van der Waals surface area contributed by atoms with E-state index in [4.69, 9.17) is 15.2 Å². The lowest BCUT2D eigenvalue weighted by atomic mass is 10.1. The Kier molecular flexibility index (Phi) is 4.45. The van der Waals surface area contributed by atoms with E-state index in [0.29, 0.717) is 0 Å². The maximum atomic E-state index is 4.88. The topological polar surface area (TPSA) is 48.5 Å². The van der Waals surface area contributed by atoms with E-state index in [9.17, 15) is 0 Å². The highest BCUT2D eigenvalue weighted by atomic mass is 15.2. The standard InChI is InChI=1S/C33H21N5/c1-3-11-22(12-4-1)23-19-20-34-29(21-23)38-28-18-10-8-16-26(28)31-33(38)32-30(35-36-31)25-15-7-9-17-27(25)37(32)24-13-5-2-6-14-24/h1-21H. The molecule has 178 valence electrons. The summed E-state index contributed by atoms with van der Waals surface area (Å²) in [5.41, 5.74) is 9.24. The minimum Gasteiger partial charge on any atom is -0.306 e. The van der Waals surface area contributed by atoms with Gasteiger partial charge in [0.2, 0.25) is 0 Å². The third-order valence-corrected chi connectivity index (χ3v) is 7.27. The Morgan fingerprint density at radius 1 is 0.474 bits per heavy atom. The molecule has 4 aromatic carbocycles. The van der Waals surface area contributed by atoms with Gasteiger partial charge in [-0.2, -0.15) is 0 Å². The molecular formula is C33H21N5. The molecule has 8 aromatic rings. The fourth-order valence-corrected chi connectivity index (χ4v) is 5.62. The lowest BCUT2D eigenvalue weighted by Gasteiger charge is -2.12. The van der Waals surface area contributed by atoms with E-state index in [2.05, 4.69) is 118 Å². The molecule has 0 unspecified atom stereocenters. The van der Waals surface area contributed by atoms with Crippen molar-refractivity contribution in [3.05, 3.63) is 128 Å². The number of fused-ring (bicyclic) bond motifs is 7. The lowest BCUT2D eigenvalue weighted by molar-refractivity contribution is 1.06. The first-order chi connectivity index (χ1) is 18.9. The molecule has 0 aliphatic heterocycles. The number of benzene rings is 4. The molecule has 4 heterocycles. The van der Waals surface area contributed by atoms with E-state index in [0.717, 1.165) is 66.5 Å². The van der Waals surface area contributed by atoms with Crippen molar-refractivity contribution in [1.82, 2.24) is 24.3 Å².